The first-order chi connectivity index (χ1) is 15.3. The van der Waals surface area contributed by atoms with Crippen molar-refractivity contribution in [1.82, 2.24) is 20.1 Å². The van der Waals surface area contributed by atoms with Gasteiger partial charge in [0.15, 0.2) is 0 Å². The molecule has 2 aromatic heterocycles. The summed E-state index contributed by atoms with van der Waals surface area (Å²) in [5.74, 6) is -0.185. The molecule has 0 aliphatic heterocycles. The van der Waals surface area contributed by atoms with Crippen molar-refractivity contribution in [2.75, 3.05) is 0 Å². The van der Waals surface area contributed by atoms with Crippen molar-refractivity contribution >= 4 is 16.8 Å². The van der Waals surface area contributed by atoms with Gasteiger partial charge in [-0.05, 0) is 62.9 Å². The third-order valence-electron chi connectivity index (χ3n) is 6.13. The predicted molar refractivity (Wildman–Crippen MR) is 130 cm³/mol. The van der Waals surface area contributed by atoms with Gasteiger partial charge in [-0.2, -0.15) is 5.10 Å². The minimum absolute atomic E-state index is 0.153. The monoisotopic (exact) mass is 436 g/mol. The van der Waals surface area contributed by atoms with E-state index in [1.807, 2.05) is 39.1 Å². The minimum Gasteiger partial charge on any atom is -0.348 e. The van der Waals surface area contributed by atoms with Crippen molar-refractivity contribution < 1.29 is 4.79 Å². The van der Waals surface area contributed by atoms with Gasteiger partial charge in [-0.25, -0.2) is 0 Å². The zero-order chi connectivity index (χ0) is 23.3. The SMILES string of the molecule is CCCCCC(CCC)n1ncc2c(C(=O)NCc3c(C)cc(C)[nH]c3=O)cc(C)cc21. The second-order valence-corrected chi connectivity index (χ2v) is 8.90. The maximum absolute atomic E-state index is 13.1. The average molecular weight is 437 g/mol. The molecule has 32 heavy (non-hydrogen) atoms. The summed E-state index contributed by atoms with van der Waals surface area (Å²) in [6, 6.07) is 6.29. The number of pyridine rings is 1. The third kappa shape index (κ3) is 5.29. The summed E-state index contributed by atoms with van der Waals surface area (Å²) in [7, 11) is 0. The number of nitrogens with zero attached hydrogens (tertiary/aromatic N) is 2. The Kier molecular flexibility index (Phi) is 7.89. The largest absolute Gasteiger partial charge is 0.348 e. The Morgan fingerprint density at radius 3 is 2.56 bits per heavy atom. The van der Waals surface area contributed by atoms with Crippen molar-refractivity contribution in [2.24, 2.45) is 0 Å². The number of aromatic amines is 1. The number of aryl methyl sites for hydroxylation is 3. The lowest BCUT2D eigenvalue weighted by Gasteiger charge is -2.18. The van der Waals surface area contributed by atoms with Gasteiger partial charge < -0.3 is 10.3 Å². The number of rotatable bonds is 10. The first kappa shape index (κ1) is 23.8. The van der Waals surface area contributed by atoms with Crippen molar-refractivity contribution in [3.05, 3.63) is 62.7 Å². The molecule has 1 aromatic carbocycles. The van der Waals surface area contributed by atoms with E-state index >= 15 is 0 Å². The summed E-state index contributed by atoms with van der Waals surface area (Å²) >= 11 is 0. The molecule has 1 unspecified atom stereocenters. The molecule has 0 spiro atoms. The lowest BCUT2D eigenvalue weighted by Crippen LogP contribution is -2.28. The summed E-state index contributed by atoms with van der Waals surface area (Å²) in [4.78, 5) is 28.2. The molecule has 6 heteroatoms. The molecule has 0 fully saturated rings. The standard InChI is InChI=1S/C26H36N4O2/c1-6-8-9-11-20(10-7-2)30-24-13-17(3)12-21(23(24)16-28-30)25(31)27-15-22-18(4)14-19(5)29-26(22)32/h12-14,16,20H,6-11,15H2,1-5H3,(H,27,31)(H,29,32). The van der Waals surface area contributed by atoms with Crippen LogP contribution in [0.5, 0.6) is 0 Å². The number of carbonyl (C=O) groups excluding carboxylic acids is 1. The number of carbonyl (C=O) groups is 1. The van der Waals surface area contributed by atoms with Crippen molar-refractivity contribution in [3.8, 4) is 0 Å². The maximum atomic E-state index is 13.1. The number of nitrogens with one attached hydrogen (secondary N) is 2. The molecule has 2 N–H and O–H groups in total. The van der Waals surface area contributed by atoms with Crippen LogP contribution in [-0.4, -0.2) is 20.7 Å². The number of H-pyrrole nitrogens is 1. The van der Waals surface area contributed by atoms with E-state index in [0.717, 1.165) is 47.0 Å². The maximum Gasteiger partial charge on any atom is 0.253 e. The summed E-state index contributed by atoms with van der Waals surface area (Å²) < 4.78 is 2.12. The Bertz CT molecular complexity index is 1140. The zero-order valence-corrected chi connectivity index (χ0v) is 20.0. The summed E-state index contributed by atoms with van der Waals surface area (Å²) in [5.41, 5.74) is 4.77. The average Bonchev–Trinajstić information content (AvgIpc) is 3.15. The van der Waals surface area contributed by atoms with Crippen LogP contribution in [-0.2, 0) is 6.54 Å². The highest BCUT2D eigenvalue weighted by molar-refractivity contribution is 6.06. The Balaban J connectivity index is 1.89. The fourth-order valence-corrected chi connectivity index (χ4v) is 4.48. The van der Waals surface area contributed by atoms with Crippen LogP contribution in [0.1, 0.15) is 91.2 Å². The number of hydrogen-bond donors (Lipinski definition) is 2. The fourth-order valence-electron chi connectivity index (χ4n) is 4.48. The number of unbranched alkanes of at least 4 members (excludes halogenated alkanes) is 2. The van der Waals surface area contributed by atoms with Gasteiger partial charge >= 0.3 is 0 Å². The molecule has 0 radical (unpaired) electrons. The number of fused-ring (bicyclic) bond motifs is 1. The number of benzene rings is 1. The fraction of sp³-hybridized carbons (Fsp3) is 0.500. The van der Waals surface area contributed by atoms with E-state index in [2.05, 4.69) is 34.9 Å². The van der Waals surface area contributed by atoms with E-state index in [9.17, 15) is 9.59 Å². The lowest BCUT2D eigenvalue weighted by molar-refractivity contribution is 0.0952. The smallest absolute Gasteiger partial charge is 0.253 e. The Morgan fingerprint density at radius 2 is 1.88 bits per heavy atom. The van der Waals surface area contributed by atoms with Crippen LogP contribution in [0, 0.1) is 20.8 Å². The van der Waals surface area contributed by atoms with E-state index in [0.29, 0.717) is 17.2 Å². The van der Waals surface area contributed by atoms with Gasteiger partial charge in [0.1, 0.15) is 0 Å². The minimum atomic E-state index is -0.185. The van der Waals surface area contributed by atoms with Gasteiger partial charge in [0.25, 0.3) is 11.5 Å². The summed E-state index contributed by atoms with van der Waals surface area (Å²) in [6.07, 6.45) is 8.70. The number of hydrogen-bond acceptors (Lipinski definition) is 3. The van der Waals surface area contributed by atoms with Gasteiger partial charge in [-0.3, -0.25) is 14.3 Å². The van der Waals surface area contributed by atoms with Gasteiger partial charge in [-0.1, -0.05) is 39.5 Å². The molecule has 2 heterocycles. The van der Waals surface area contributed by atoms with Gasteiger partial charge in [0, 0.05) is 23.2 Å². The summed E-state index contributed by atoms with van der Waals surface area (Å²) in [5, 5.41) is 8.52. The van der Waals surface area contributed by atoms with Gasteiger partial charge in [0.05, 0.1) is 23.3 Å². The first-order valence-corrected chi connectivity index (χ1v) is 11.8. The van der Waals surface area contributed by atoms with Crippen molar-refractivity contribution in [2.45, 2.75) is 85.7 Å². The zero-order valence-electron chi connectivity index (χ0n) is 20.0. The van der Waals surface area contributed by atoms with Gasteiger partial charge in [-0.15, -0.1) is 0 Å². The Hall–Kier alpha value is -2.89. The topological polar surface area (TPSA) is 79.8 Å². The van der Waals surface area contributed by atoms with Crippen LogP contribution in [0.15, 0.2) is 29.2 Å². The van der Waals surface area contributed by atoms with E-state index < -0.39 is 0 Å². The highest BCUT2D eigenvalue weighted by atomic mass is 16.1. The molecule has 0 aliphatic carbocycles. The molecule has 0 bridgehead atoms. The van der Waals surface area contributed by atoms with Gasteiger partial charge in [0.2, 0.25) is 0 Å². The quantitative estimate of drug-likeness (QED) is 0.412. The number of aromatic nitrogens is 3. The molecule has 0 saturated heterocycles. The molecule has 3 rings (SSSR count). The molecule has 3 aromatic rings. The summed E-state index contributed by atoms with van der Waals surface area (Å²) in [6.45, 7) is 10.4. The predicted octanol–water partition coefficient (Wildman–Crippen LogP) is 5.50. The highest BCUT2D eigenvalue weighted by Gasteiger charge is 2.19. The van der Waals surface area contributed by atoms with Crippen LogP contribution < -0.4 is 10.9 Å². The lowest BCUT2D eigenvalue weighted by atomic mass is 10.0. The van der Waals surface area contributed by atoms with E-state index in [1.165, 1.54) is 19.3 Å². The number of amides is 1. The second-order valence-electron chi connectivity index (χ2n) is 8.90. The highest BCUT2D eigenvalue weighted by Crippen LogP contribution is 2.28. The van der Waals surface area contributed by atoms with E-state index in [-0.39, 0.29) is 18.0 Å². The van der Waals surface area contributed by atoms with Crippen LogP contribution in [0.2, 0.25) is 0 Å². The molecule has 1 atom stereocenters. The third-order valence-corrected chi connectivity index (χ3v) is 6.13. The normalized spacial score (nSPS) is 12.3. The first-order valence-electron chi connectivity index (χ1n) is 11.8. The Labute approximate surface area is 190 Å². The molecule has 0 saturated carbocycles. The van der Waals surface area contributed by atoms with Crippen LogP contribution in [0.4, 0.5) is 0 Å². The second kappa shape index (κ2) is 10.6. The molecule has 6 nitrogen and oxygen atoms in total. The molecular weight excluding hydrogens is 400 g/mol. The van der Waals surface area contributed by atoms with Crippen LogP contribution in [0.3, 0.4) is 0 Å². The van der Waals surface area contributed by atoms with Crippen LogP contribution >= 0.6 is 0 Å². The van der Waals surface area contributed by atoms with E-state index in [1.54, 1.807) is 0 Å². The Morgan fingerprint density at radius 1 is 1.09 bits per heavy atom. The van der Waals surface area contributed by atoms with Crippen molar-refractivity contribution in [3.63, 3.8) is 0 Å². The van der Waals surface area contributed by atoms with Crippen LogP contribution in [0.25, 0.3) is 10.9 Å². The molecule has 0 aliphatic rings. The molecule has 172 valence electrons. The molecule has 1 amide bonds. The van der Waals surface area contributed by atoms with E-state index in [4.69, 9.17) is 5.10 Å². The van der Waals surface area contributed by atoms with Crippen molar-refractivity contribution in [1.29, 1.82) is 0 Å². The molecular formula is C26H36N4O2.